The van der Waals surface area contributed by atoms with Crippen molar-refractivity contribution in [3.8, 4) is 0 Å². The normalized spacial score (nSPS) is 22.0. The van der Waals surface area contributed by atoms with Crippen LogP contribution in [-0.4, -0.2) is 48.2 Å². The number of hydrogen-bond acceptors (Lipinski definition) is 6. The second-order valence-electron chi connectivity index (χ2n) is 10.2. The van der Waals surface area contributed by atoms with Crippen LogP contribution in [-0.2, 0) is 54.9 Å². The second kappa shape index (κ2) is 15.4. The monoisotopic (exact) mass is 568 g/mol. The summed E-state index contributed by atoms with van der Waals surface area (Å²) in [5, 5.41) is 10.3. The molecule has 7 heteroatoms. The van der Waals surface area contributed by atoms with Crippen LogP contribution < -0.4 is 0 Å². The van der Waals surface area contributed by atoms with Crippen molar-refractivity contribution < 1.29 is 33.6 Å². The number of benzene rings is 4. The number of carbonyl (C=O) groups is 1. The van der Waals surface area contributed by atoms with Crippen LogP contribution in [0.1, 0.15) is 22.3 Å². The van der Waals surface area contributed by atoms with E-state index in [2.05, 4.69) is 0 Å². The quantitative estimate of drug-likeness (QED) is 0.206. The molecule has 1 N–H and O–H groups in total. The van der Waals surface area contributed by atoms with Gasteiger partial charge in [0.25, 0.3) is 0 Å². The summed E-state index contributed by atoms with van der Waals surface area (Å²) >= 11 is 0. The minimum Gasteiger partial charge on any atom is -0.479 e. The molecule has 1 saturated heterocycles. The van der Waals surface area contributed by atoms with Gasteiger partial charge in [-0.3, -0.25) is 0 Å². The average molecular weight is 569 g/mol. The van der Waals surface area contributed by atoms with Crippen LogP contribution in [0.15, 0.2) is 121 Å². The lowest BCUT2D eigenvalue weighted by atomic mass is 9.94. The summed E-state index contributed by atoms with van der Waals surface area (Å²) in [6.45, 7) is 1.22. The first-order valence-corrected chi connectivity index (χ1v) is 14.1. The van der Waals surface area contributed by atoms with Crippen LogP contribution in [0.2, 0.25) is 0 Å². The summed E-state index contributed by atoms with van der Waals surface area (Å²) in [4.78, 5) is 12.6. The molecule has 0 aliphatic carbocycles. The standard InChI is InChI=1S/C35H36O7/c36-35(37)34-33(41-24-29-19-11-4-12-20-29)32(40-23-28-17-9-3-10-18-28)31(39-22-27-15-7-2-8-16-27)30(42-34)25-38-21-26-13-5-1-6-14-26/h1-20,30-34H,21-25H2,(H,36,37)/t30-,31-,32+,33-,34?/m1/s1. The molecule has 5 rings (SSSR count). The Morgan fingerprint density at radius 2 is 0.929 bits per heavy atom. The first kappa shape index (κ1) is 29.6. The summed E-state index contributed by atoms with van der Waals surface area (Å²) in [6, 6.07) is 39.0. The molecule has 7 nitrogen and oxygen atoms in total. The lowest BCUT2D eigenvalue weighted by Crippen LogP contribution is -2.63. The smallest absolute Gasteiger partial charge is 0.335 e. The highest BCUT2D eigenvalue weighted by atomic mass is 16.6. The minimum absolute atomic E-state index is 0.120. The molecule has 1 heterocycles. The van der Waals surface area contributed by atoms with E-state index < -0.39 is 36.5 Å². The van der Waals surface area contributed by atoms with E-state index in [9.17, 15) is 9.90 Å². The second-order valence-corrected chi connectivity index (χ2v) is 10.2. The number of carboxylic acids is 1. The van der Waals surface area contributed by atoms with E-state index in [4.69, 9.17) is 23.7 Å². The SMILES string of the molecule is O=C(O)C1O[C@H](COCc2ccccc2)[C@@H](OCc2ccccc2)[C@H](OCc2ccccc2)[C@H]1OCc1ccccc1. The number of hydrogen-bond donors (Lipinski definition) is 1. The molecule has 0 spiro atoms. The Balaban J connectivity index is 1.41. The predicted octanol–water partition coefficient (Wildman–Crippen LogP) is 5.81. The molecule has 4 aromatic carbocycles. The largest absolute Gasteiger partial charge is 0.479 e. The van der Waals surface area contributed by atoms with Crippen molar-refractivity contribution >= 4 is 5.97 Å². The van der Waals surface area contributed by atoms with Crippen molar-refractivity contribution in [1.82, 2.24) is 0 Å². The van der Waals surface area contributed by atoms with Crippen LogP contribution in [0.3, 0.4) is 0 Å². The topological polar surface area (TPSA) is 83.5 Å². The molecular formula is C35H36O7. The van der Waals surface area contributed by atoms with Crippen molar-refractivity contribution in [2.45, 2.75) is 56.9 Å². The fourth-order valence-corrected chi connectivity index (χ4v) is 4.99. The maximum Gasteiger partial charge on any atom is 0.335 e. The van der Waals surface area contributed by atoms with Gasteiger partial charge in [0.15, 0.2) is 6.10 Å². The number of aliphatic carboxylic acids is 1. The Morgan fingerprint density at radius 1 is 0.548 bits per heavy atom. The first-order valence-electron chi connectivity index (χ1n) is 14.1. The molecule has 5 atom stereocenters. The van der Waals surface area contributed by atoms with Crippen molar-refractivity contribution in [2.75, 3.05) is 6.61 Å². The molecule has 1 aliphatic rings. The Kier molecular flexibility index (Phi) is 10.9. The van der Waals surface area contributed by atoms with Gasteiger partial charge in [-0.1, -0.05) is 121 Å². The zero-order valence-electron chi connectivity index (χ0n) is 23.4. The maximum atomic E-state index is 12.6. The molecule has 1 unspecified atom stereocenters. The van der Waals surface area contributed by atoms with Crippen molar-refractivity contribution in [1.29, 1.82) is 0 Å². The van der Waals surface area contributed by atoms with Gasteiger partial charge in [-0.2, -0.15) is 0 Å². The lowest BCUT2D eigenvalue weighted by molar-refractivity contribution is -0.271. The van der Waals surface area contributed by atoms with Gasteiger partial charge in [0.05, 0.1) is 33.0 Å². The highest BCUT2D eigenvalue weighted by molar-refractivity contribution is 5.73. The summed E-state index contributed by atoms with van der Waals surface area (Å²) in [7, 11) is 0. The van der Waals surface area contributed by atoms with E-state index in [-0.39, 0.29) is 19.8 Å². The van der Waals surface area contributed by atoms with Crippen LogP contribution in [0.25, 0.3) is 0 Å². The third-order valence-electron chi connectivity index (χ3n) is 7.13. The fourth-order valence-electron chi connectivity index (χ4n) is 4.99. The molecule has 0 amide bonds. The average Bonchev–Trinajstić information content (AvgIpc) is 3.04. The Labute approximate surface area is 246 Å². The Bertz CT molecular complexity index is 1340. The lowest BCUT2D eigenvalue weighted by Gasteiger charge is -2.45. The van der Waals surface area contributed by atoms with E-state index in [1.54, 1.807) is 0 Å². The Morgan fingerprint density at radius 3 is 1.36 bits per heavy atom. The van der Waals surface area contributed by atoms with Crippen molar-refractivity contribution in [3.63, 3.8) is 0 Å². The number of carboxylic acid groups (broad SMARTS) is 1. The third kappa shape index (κ3) is 8.35. The highest BCUT2D eigenvalue weighted by Crippen LogP contribution is 2.31. The van der Waals surface area contributed by atoms with E-state index in [1.807, 2.05) is 121 Å². The number of rotatable bonds is 14. The van der Waals surface area contributed by atoms with E-state index in [0.717, 1.165) is 22.3 Å². The molecular weight excluding hydrogens is 532 g/mol. The molecule has 0 bridgehead atoms. The molecule has 4 aromatic rings. The van der Waals surface area contributed by atoms with Crippen LogP contribution in [0, 0.1) is 0 Å². The maximum absolute atomic E-state index is 12.6. The first-order chi connectivity index (χ1) is 20.7. The summed E-state index contributed by atoms with van der Waals surface area (Å²) in [6.07, 6.45) is -4.34. The molecule has 0 saturated carbocycles. The number of ether oxygens (including phenoxy) is 5. The van der Waals surface area contributed by atoms with Gasteiger partial charge in [0.2, 0.25) is 0 Å². The van der Waals surface area contributed by atoms with Crippen molar-refractivity contribution in [3.05, 3.63) is 144 Å². The van der Waals surface area contributed by atoms with Crippen LogP contribution in [0.5, 0.6) is 0 Å². The van der Waals surface area contributed by atoms with Crippen molar-refractivity contribution in [2.24, 2.45) is 0 Å². The summed E-state index contributed by atoms with van der Waals surface area (Å²) in [5.41, 5.74) is 3.85. The van der Waals surface area contributed by atoms with Gasteiger partial charge < -0.3 is 28.8 Å². The van der Waals surface area contributed by atoms with E-state index >= 15 is 0 Å². The highest BCUT2D eigenvalue weighted by Gasteiger charge is 2.51. The van der Waals surface area contributed by atoms with Gasteiger partial charge in [0.1, 0.15) is 24.4 Å². The molecule has 218 valence electrons. The molecule has 42 heavy (non-hydrogen) atoms. The van der Waals surface area contributed by atoms with Gasteiger partial charge >= 0.3 is 5.97 Å². The van der Waals surface area contributed by atoms with E-state index in [1.165, 1.54) is 0 Å². The Hall–Kier alpha value is -3.85. The molecule has 0 aromatic heterocycles. The van der Waals surface area contributed by atoms with Gasteiger partial charge in [-0.05, 0) is 22.3 Å². The predicted molar refractivity (Wildman–Crippen MR) is 157 cm³/mol. The van der Waals surface area contributed by atoms with Gasteiger partial charge in [0, 0.05) is 0 Å². The van der Waals surface area contributed by atoms with Gasteiger partial charge in [-0.15, -0.1) is 0 Å². The zero-order valence-corrected chi connectivity index (χ0v) is 23.4. The molecule has 1 aliphatic heterocycles. The summed E-state index contributed by atoms with van der Waals surface area (Å²) in [5.74, 6) is -1.13. The summed E-state index contributed by atoms with van der Waals surface area (Å²) < 4.78 is 31.6. The third-order valence-corrected chi connectivity index (χ3v) is 7.13. The van der Waals surface area contributed by atoms with Crippen LogP contribution >= 0.6 is 0 Å². The van der Waals surface area contributed by atoms with Crippen LogP contribution in [0.4, 0.5) is 0 Å². The van der Waals surface area contributed by atoms with Gasteiger partial charge in [-0.25, -0.2) is 4.79 Å². The zero-order chi connectivity index (χ0) is 29.0. The van der Waals surface area contributed by atoms with E-state index in [0.29, 0.717) is 13.2 Å². The molecule has 0 radical (unpaired) electrons. The molecule has 1 fully saturated rings. The fraction of sp³-hybridized carbons (Fsp3) is 0.286. The minimum atomic E-state index is -1.28.